The summed E-state index contributed by atoms with van der Waals surface area (Å²) in [6, 6.07) is 0. The zero-order valence-electron chi connectivity index (χ0n) is 5.87. The van der Waals surface area contributed by atoms with Crippen molar-refractivity contribution in [3.63, 3.8) is 0 Å². The number of aliphatic hydroxyl groups excluding tert-OH is 1. The van der Waals surface area contributed by atoms with Crippen molar-refractivity contribution in [1.82, 2.24) is 0 Å². The molecular formula is C4H6F3O4S-. The number of hydrogen-bond donors (Lipinski definition) is 1. The minimum absolute atomic E-state index is 0.417. The standard InChI is InChI=1S/C4H7F3O4S/c1-2(4(5,6)7)3(8)12(9,10)11/h2-3,8H,1H3,(H,9,10,11)/p-1. The molecule has 12 heavy (non-hydrogen) atoms. The molecule has 0 saturated carbocycles. The summed E-state index contributed by atoms with van der Waals surface area (Å²) < 4.78 is 64.7. The Kier molecular flexibility index (Phi) is 3.10. The van der Waals surface area contributed by atoms with Crippen molar-refractivity contribution in [2.45, 2.75) is 18.5 Å². The Morgan fingerprint density at radius 2 is 1.75 bits per heavy atom. The second-order valence-corrected chi connectivity index (χ2v) is 3.68. The van der Waals surface area contributed by atoms with E-state index in [4.69, 9.17) is 5.11 Å². The molecule has 2 unspecified atom stereocenters. The van der Waals surface area contributed by atoms with Gasteiger partial charge in [0, 0.05) is 0 Å². The molecule has 0 aliphatic carbocycles. The van der Waals surface area contributed by atoms with E-state index in [1.807, 2.05) is 0 Å². The highest BCUT2D eigenvalue weighted by atomic mass is 32.2. The average molecular weight is 207 g/mol. The van der Waals surface area contributed by atoms with Crippen molar-refractivity contribution >= 4 is 10.1 Å². The Bertz CT molecular complexity index is 244. The van der Waals surface area contributed by atoms with E-state index in [1.54, 1.807) is 0 Å². The van der Waals surface area contributed by atoms with E-state index in [9.17, 15) is 26.1 Å². The van der Waals surface area contributed by atoms with Gasteiger partial charge in [0.05, 0.1) is 5.92 Å². The van der Waals surface area contributed by atoms with Crippen LogP contribution in [-0.2, 0) is 10.1 Å². The lowest BCUT2D eigenvalue weighted by Gasteiger charge is -2.23. The maximum absolute atomic E-state index is 11.7. The molecule has 4 nitrogen and oxygen atoms in total. The molecule has 0 amide bonds. The zero-order valence-corrected chi connectivity index (χ0v) is 6.69. The van der Waals surface area contributed by atoms with Gasteiger partial charge in [-0.05, 0) is 0 Å². The Hall–Kier alpha value is -0.340. The van der Waals surface area contributed by atoms with E-state index in [2.05, 4.69) is 0 Å². The van der Waals surface area contributed by atoms with E-state index < -0.39 is 27.6 Å². The van der Waals surface area contributed by atoms with Crippen molar-refractivity contribution < 1.29 is 31.2 Å². The lowest BCUT2D eigenvalue weighted by Crippen LogP contribution is -2.37. The molecule has 0 aromatic rings. The van der Waals surface area contributed by atoms with Gasteiger partial charge in [0.2, 0.25) is 0 Å². The fourth-order valence-corrected chi connectivity index (χ4v) is 1.07. The third kappa shape index (κ3) is 2.95. The SMILES string of the molecule is CC(C(O)S(=O)(=O)[O-])C(F)(F)F. The average Bonchev–Trinajstić information content (AvgIpc) is 1.80. The smallest absolute Gasteiger partial charge is 0.395 e. The number of aliphatic hydroxyl groups is 1. The molecule has 74 valence electrons. The van der Waals surface area contributed by atoms with Crippen molar-refractivity contribution in [3.05, 3.63) is 0 Å². The van der Waals surface area contributed by atoms with Gasteiger partial charge in [-0.1, -0.05) is 6.92 Å². The molecule has 0 aliphatic heterocycles. The number of hydrogen-bond acceptors (Lipinski definition) is 4. The fraction of sp³-hybridized carbons (Fsp3) is 1.00. The van der Waals surface area contributed by atoms with E-state index in [1.165, 1.54) is 0 Å². The lowest BCUT2D eigenvalue weighted by atomic mass is 10.2. The highest BCUT2D eigenvalue weighted by Crippen LogP contribution is 2.29. The van der Waals surface area contributed by atoms with Crippen LogP contribution >= 0.6 is 0 Å². The van der Waals surface area contributed by atoms with Crippen LogP contribution in [0.25, 0.3) is 0 Å². The minimum Gasteiger partial charge on any atom is -0.746 e. The van der Waals surface area contributed by atoms with Gasteiger partial charge >= 0.3 is 6.18 Å². The fourth-order valence-electron chi connectivity index (χ4n) is 0.412. The van der Waals surface area contributed by atoms with Gasteiger partial charge in [-0.25, -0.2) is 8.42 Å². The summed E-state index contributed by atoms with van der Waals surface area (Å²) in [7, 11) is -5.30. The molecular weight excluding hydrogens is 201 g/mol. The number of rotatable bonds is 2. The van der Waals surface area contributed by atoms with E-state index in [0.717, 1.165) is 0 Å². The molecule has 8 heteroatoms. The highest BCUT2D eigenvalue weighted by Gasteiger charge is 2.43. The number of alkyl halides is 3. The first kappa shape index (κ1) is 11.7. The Balaban J connectivity index is 4.64. The molecule has 0 aliphatic rings. The predicted octanol–water partition coefficient (Wildman–Crippen LogP) is 0.0484. The van der Waals surface area contributed by atoms with Gasteiger partial charge in [0.15, 0.2) is 5.44 Å². The molecule has 0 aromatic heterocycles. The van der Waals surface area contributed by atoms with Crippen LogP contribution in [0.2, 0.25) is 0 Å². The van der Waals surface area contributed by atoms with Crippen molar-refractivity contribution in [2.75, 3.05) is 0 Å². The molecule has 1 N–H and O–H groups in total. The maximum atomic E-state index is 11.7. The van der Waals surface area contributed by atoms with Crippen LogP contribution in [0.3, 0.4) is 0 Å². The summed E-state index contributed by atoms with van der Waals surface area (Å²) in [5, 5.41) is 8.37. The molecule has 0 radical (unpaired) electrons. The monoisotopic (exact) mass is 207 g/mol. The summed E-state index contributed by atoms with van der Waals surface area (Å²) in [4.78, 5) is 0. The topological polar surface area (TPSA) is 77.4 Å². The third-order valence-electron chi connectivity index (χ3n) is 1.24. The number of halogens is 3. The Morgan fingerprint density at radius 3 is 1.83 bits per heavy atom. The van der Waals surface area contributed by atoms with Gasteiger partial charge in [-0.15, -0.1) is 0 Å². The van der Waals surface area contributed by atoms with Gasteiger partial charge in [-0.2, -0.15) is 13.2 Å². The van der Waals surface area contributed by atoms with E-state index in [-0.39, 0.29) is 0 Å². The van der Waals surface area contributed by atoms with Crippen LogP contribution in [0.15, 0.2) is 0 Å². The van der Waals surface area contributed by atoms with Crippen molar-refractivity contribution in [1.29, 1.82) is 0 Å². The summed E-state index contributed by atoms with van der Waals surface area (Å²) in [5.74, 6) is -2.57. The van der Waals surface area contributed by atoms with Gasteiger partial charge < -0.3 is 9.66 Å². The normalized spacial score (nSPS) is 18.8. The zero-order chi connectivity index (χ0) is 10.2. The van der Waals surface area contributed by atoms with E-state index >= 15 is 0 Å². The highest BCUT2D eigenvalue weighted by molar-refractivity contribution is 7.86. The first-order valence-corrected chi connectivity index (χ1v) is 4.23. The molecule has 0 saturated heterocycles. The first-order chi connectivity index (χ1) is 5.07. The second-order valence-electron chi connectivity index (χ2n) is 2.21. The Labute approximate surface area is 66.8 Å². The van der Waals surface area contributed by atoms with Crippen molar-refractivity contribution in [3.8, 4) is 0 Å². The summed E-state index contributed by atoms with van der Waals surface area (Å²) in [6.07, 6.45) is -4.89. The summed E-state index contributed by atoms with van der Waals surface area (Å²) >= 11 is 0. The van der Waals surface area contributed by atoms with E-state index in [0.29, 0.717) is 6.92 Å². The predicted molar refractivity (Wildman–Crippen MR) is 30.9 cm³/mol. The molecule has 2 atom stereocenters. The second kappa shape index (κ2) is 3.19. The summed E-state index contributed by atoms with van der Waals surface area (Å²) in [5.41, 5.74) is -2.93. The van der Waals surface area contributed by atoms with Gasteiger partial charge in [0.25, 0.3) is 0 Å². The molecule has 0 aromatic carbocycles. The molecule has 0 bridgehead atoms. The molecule has 0 spiro atoms. The van der Waals surface area contributed by atoms with Crippen LogP contribution in [0.5, 0.6) is 0 Å². The van der Waals surface area contributed by atoms with Gasteiger partial charge in [0.1, 0.15) is 10.1 Å². The minimum atomic E-state index is -5.30. The summed E-state index contributed by atoms with van der Waals surface area (Å²) in [6.45, 7) is 0.417. The largest absolute Gasteiger partial charge is 0.746 e. The van der Waals surface area contributed by atoms with Crippen LogP contribution in [0.1, 0.15) is 6.92 Å². The van der Waals surface area contributed by atoms with Crippen LogP contribution in [-0.4, -0.2) is 29.7 Å². The molecule has 0 rings (SSSR count). The van der Waals surface area contributed by atoms with Crippen LogP contribution in [0, 0.1) is 5.92 Å². The van der Waals surface area contributed by atoms with Crippen LogP contribution < -0.4 is 0 Å². The molecule has 0 fully saturated rings. The third-order valence-corrected chi connectivity index (χ3v) is 2.24. The van der Waals surface area contributed by atoms with Crippen LogP contribution in [0.4, 0.5) is 13.2 Å². The maximum Gasteiger partial charge on any atom is 0.395 e. The van der Waals surface area contributed by atoms with Crippen molar-refractivity contribution in [2.24, 2.45) is 5.92 Å². The first-order valence-electron chi connectivity index (χ1n) is 2.76. The quantitative estimate of drug-likeness (QED) is 0.649. The Morgan fingerprint density at radius 1 is 1.42 bits per heavy atom. The lowest BCUT2D eigenvalue weighted by molar-refractivity contribution is -0.184. The molecule has 0 heterocycles. The van der Waals surface area contributed by atoms with Gasteiger partial charge in [-0.3, -0.25) is 0 Å².